The number of halogens is 1. The Morgan fingerprint density at radius 3 is 2.85 bits per heavy atom. The normalized spacial score (nSPS) is 11.5. The van der Waals surface area contributed by atoms with Gasteiger partial charge >= 0.3 is 10.2 Å². The number of aromatic nitrogens is 1. The fourth-order valence-corrected chi connectivity index (χ4v) is 1.18. The second kappa shape index (κ2) is 3.73. The number of hydrogen-bond acceptors (Lipinski definition) is 5. The van der Waals surface area contributed by atoms with Crippen LogP contribution in [0.4, 0.5) is 3.89 Å². The summed E-state index contributed by atoms with van der Waals surface area (Å²) in [6, 6.07) is 1.41. The van der Waals surface area contributed by atoms with Gasteiger partial charge in [-0.05, 0) is 5.16 Å². The predicted octanol–water partition coefficient (Wildman–Crippen LogP) is 0.525. The van der Waals surface area contributed by atoms with Crippen LogP contribution in [0.2, 0.25) is 0 Å². The molecule has 0 saturated carbocycles. The van der Waals surface area contributed by atoms with Gasteiger partial charge in [0.05, 0.1) is 12.9 Å². The van der Waals surface area contributed by atoms with E-state index < -0.39 is 16.0 Å². The predicted molar refractivity (Wildman–Crippen MR) is 41.7 cm³/mol. The lowest BCUT2D eigenvalue weighted by Gasteiger charge is -1.89. The highest BCUT2D eigenvalue weighted by atomic mass is 32.3. The maximum absolute atomic E-state index is 12.0. The molecule has 5 nitrogen and oxygen atoms in total. The lowest BCUT2D eigenvalue weighted by atomic mass is 10.4. The van der Waals surface area contributed by atoms with Crippen molar-refractivity contribution in [2.75, 3.05) is 12.9 Å². The molecule has 1 aromatic rings. The first-order valence-electron chi connectivity index (χ1n) is 3.43. The molecule has 0 spiro atoms. The van der Waals surface area contributed by atoms with E-state index in [0.717, 1.165) is 0 Å². The van der Waals surface area contributed by atoms with Crippen molar-refractivity contribution in [2.24, 2.45) is 0 Å². The van der Waals surface area contributed by atoms with E-state index in [0.29, 0.717) is 0 Å². The van der Waals surface area contributed by atoms with E-state index >= 15 is 0 Å². The maximum atomic E-state index is 12.0. The first-order valence-corrected chi connectivity index (χ1v) is 4.98. The topological polar surface area (TPSA) is 69.4 Å². The average molecular weight is 209 g/mol. The van der Waals surface area contributed by atoms with Crippen molar-refractivity contribution >= 4 is 10.2 Å². The molecule has 1 heterocycles. The highest BCUT2D eigenvalue weighted by Crippen LogP contribution is 2.11. The van der Waals surface area contributed by atoms with Crippen LogP contribution in [0.15, 0.2) is 10.6 Å². The average Bonchev–Trinajstić information content (AvgIpc) is 2.47. The lowest BCUT2D eigenvalue weighted by molar-refractivity contribution is 0.327. The number of nitrogens with zero attached hydrogens (tertiary/aromatic N) is 1. The molecule has 0 N–H and O–H groups in total. The van der Waals surface area contributed by atoms with Gasteiger partial charge in [0.25, 0.3) is 5.88 Å². The fourth-order valence-electron chi connectivity index (χ4n) is 0.731. The van der Waals surface area contributed by atoms with E-state index in [-0.39, 0.29) is 18.1 Å². The van der Waals surface area contributed by atoms with Gasteiger partial charge in [0.1, 0.15) is 5.76 Å². The standard InChI is InChI=1S/C6H8FNO4S/c1-11-6-4-5(12-8-6)2-3-13(7,9)10/h4H,2-3H2,1H3. The van der Waals surface area contributed by atoms with Crippen molar-refractivity contribution in [3.63, 3.8) is 0 Å². The summed E-state index contributed by atoms with van der Waals surface area (Å²) in [5.74, 6) is -0.0879. The van der Waals surface area contributed by atoms with Gasteiger partial charge in [-0.3, -0.25) is 0 Å². The van der Waals surface area contributed by atoms with E-state index in [1.807, 2.05) is 0 Å². The number of ether oxygens (including phenoxy) is 1. The van der Waals surface area contributed by atoms with Crippen LogP contribution in [-0.2, 0) is 16.6 Å². The van der Waals surface area contributed by atoms with Gasteiger partial charge in [-0.1, -0.05) is 0 Å². The zero-order valence-corrected chi connectivity index (χ0v) is 7.67. The Bertz CT molecular complexity index is 372. The van der Waals surface area contributed by atoms with Crippen LogP contribution in [0.1, 0.15) is 5.76 Å². The summed E-state index contributed by atoms with van der Waals surface area (Å²) in [6.07, 6.45) is -0.0464. The number of hydrogen-bond donors (Lipinski definition) is 0. The molecule has 0 unspecified atom stereocenters. The summed E-state index contributed by atoms with van der Waals surface area (Å²) in [5.41, 5.74) is 0. The largest absolute Gasteiger partial charge is 0.479 e. The Balaban J connectivity index is 2.55. The molecule has 0 aliphatic carbocycles. The minimum Gasteiger partial charge on any atom is -0.479 e. The van der Waals surface area contributed by atoms with Crippen molar-refractivity contribution in [1.82, 2.24) is 5.16 Å². The second-order valence-electron chi connectivity index (χ2n) is 2.33. The van der Waals surface area contributed by atoms with Crippen molar-refractivity contribution in [3.05, 3.63) is 11.8 Å². The molecule has 0 fully saturated rings. The lowest BCUT2D eigenvalue weighted by Crippen LogP contribution is -2.00. The summed E-state index contributed by atoms with van der Waals surface area (Å²) in [7, 11) is -3.05. The quantitative estimate of drug-likeness (QED) is 0.676. The molecule has 0 amide bonds. The Kier molecular flexibility index (Phi) is 2.86. The molecule has 1 rings (SSSR count). The molecule has 0 aliphatic heterocycles. The zero-order chi connectivity index (χ0) is 9.90. The smallest absolute Gasteiger partial charge is 0.302 e. The van der Waals surface area contributed by atoms with Gasteiger partial charge in [0.15, 0.2) is 0 Å². The minimum absolute atomic E-state index is 0.0464. The van der Waals surface area contributed by atoms with Crippen LogP contribution in [0.3, 0.4) is 0 Å². The van der Waals surface area contributed by atoms with Crippen LogP contribution in [0, 0.1) is 0 Å². The number of rotatable bonds is 4. The highest BCUT2D eigenvalue weighted by molar-refractivity contribution is 7.86. The monoisotopic (exact) mass is 209 g/mol. The van der Waals surface area contributed by atoms with Gasteiger partial charge in [-0.15, -0.1) is 3.89 Å². The highest BCUT2D eigenvalue weighted by Gasteiger charge is 2.10. The van der Waals surface area contributed by atoms with Gasteiger partial charge in [-0.2, -0.15) is 8.42 Å². The SMILES string of the molecule is COc1cc(CCS(=O)(=O)F)on1. The summed E-state index contributed by atoms with van der Waals surface area (Å²) in [5, 5.41) is 3.42. The Hall–Kier alpha value is -1.11. The summed E-state index contributed by atoms with van der Waals surface area (Å²) < 4.78 is 41.6. The van der Waals surface area contributed by atoms with Gasteiger partial charge in [-0.25, -0.2) is 0 Å². The molecule has 0 radical (unpaired) electrons. The van der Waals surface area contributed by atoms with Gasteiger partial charge in [0.2, 0.25) is 0 Å². The van der Waals surface area contributed by atoms with Gasteiger partial charge in [0, 0.05) is 12.5 Å². The van der Waals surface area contributed by atoms with Crippen molar-refractivity contribution in [3.8, 4) is 5.88 Å². The van der Waals surface area contributed by atoms with Crippen LogP contribution < -0.4 is 4.74 Å². The Morgan fingerprint density at radius 1 is 1.69 bits per heavy atom. The van der Waals surface area contributed by atoms with Crippen LogP contribution >= 0.6 is 0 Å². The molecule has 0 bridgehead atoms. The number of methoxy groups -OCH3 is 1. The number of aryl methyl sites for hydroxylation is 1. The molecule has 0 aliphatic rings. The molecule has 0 saturated heterocycles. The Labute approximate surface area is 74.7 Å². The van der Waals surface area contributed by atoms with E-state index in [1.54, 1.807) is 0 Å². The van der Waals surface area contributed by atoms with E-state index in [1.165, 1.54) is 13.2 Å². The fraction of sp³-hybridized carbons (Fsp3) is 0.500. The second-order valence-corrected chi connectivity index (χ2v) is 3.81. The third kappa shape index (κ3) is 3.41. The molecule has 7 heteroatoms. The molecule has 13 heavy (non-hydrogen) atoms. The molecular weight excluding hydrogens is 201 g/mol. The third-order valence-corrected chi connectivity index (χ3v) is 2.03. The zero-order valence-electron chi connectivity index (χ0n) is 6.86. The summed E-state index contributed by atoms with van der Waals surface area (Å²) in [6.45, 7) is 0. The van der Waals surface area contributed by atoms with Crippen molar-refractivity contribution in [2.45, 2.75) is 6.42 Å². The molecule has 1 aromatic heterocycles. The van der Waals surface area contributed by atoms with Crippen LogP contribution in [-0.4, -0.2) is 26.4 Å². The molecule has 0 atom stereocenters. The maximum Gasteiger partial charge on any atom is 0.302 e. The summed E-state index contributed by atoms with van der Waals surface area (Å²) in [4.78, 5) is 0. The summed E-state index contributed by atoms with van der Waals surface area (Å²) >= 11 is 0. The third-order valence-electron chi connectivity index (χ3n) is 1.34. The first-order chi connectivity index (χ1) is 6.01. The van der Waals surface area contributed by atoms with Crippen molar-refractivity contribution < 1.29 is 21.6 Å². The van der Waals surface area contributed by atoms with Crippen LogP contribution in [0.25, 0.3) is 0 Å². The first kappa shape index (κ1) is 9.97. The van der Waals surface area contributed by atoms with E-state index in [4.69, 9.17) is 0 Å². The minimum atomic E-state index is -4.45. The molecule has 0 aromatic carbocycles. The van der Waals surface area contributed by atoms with Crippen LogP contribution in [0.5, 0.6) is 5.88 Å². The van der Waals surface area contributed by atoms with E-state index in [9.17, 15) is 12.3 Å². The Morgan fingerprint density at radius 2 is 2.38 bits per heavy atom. The molecule has 74 valence electrons. The van der Waals surface area contributed by atoms with E-state index in [2.05, 4.69) is 14.4 Å². The molecular formula is C6H8FNO4S. The van der Waals surface area contributed by atoms with Gasteiger partial charge < -0.3 is 9.26 Å². The van der Waals surface area contributed by atoms with Crippen molar-refractivity contribution in [1.29, 1.82) is 0 Å².